The highest BCUT2D eigenvalue weighted by Gasteiger charge is 2.22. The Morgan fingerprint density at radius 3 is 3.05 bits per heavy atom. The number of aliphatic hydroxyl groups is 1. The molecule has 1 aromatic rings. The van der Waals surface area contributed by atoms with E-state index in [1.807, 2.05) is 10.8 Å². The number of aromatic nitrogens is 2. The van der Waals surface area contributed by atoms with Crippen molar-refractivity contribution in [2.75, 3.05) is 19.7 Å². The van der Waals surface area contributed by atoms with Crippen LogP contribution in [0.15, 0.2) is 18.7 Å². The minimum atomic E-state index is -0.424. The normalized spacial score (nSPS) is 24.7. The van der Waals surface area contributed by atoms with Crippen LogP contribution >= 0.6 is 0 Å². The molecule has 2 N–H and O–H groups in total. The quantitative estimate of drug-likeness (QED) is 0.708. The summed E-state index contributed by atoms with van der Waals surface area (Å²) in [6, 6.07) is 0. The van der Waals surface area contributed by atoms with Gasteiger partial charge in [-0.15, -0.1) is 0 Å². The fourth-order valence-corrected chi connectivity index (χ4v) is 2.72. The molecule has 5 heteroatoms. The van der Waals surface area contributed by atoms with Gasteiger partial charge in [-0.2, -0.15) is 0 Å². The molecular weight excluding hydrogens is 254 g/mol. The molecular formula is C15H27N3O2. The lowest BCUT2D eigenvalue weighted by Crippen LogP contribution is -2.35. The van der Waals surface area contributed by atoms with Gasteiger partial charge < -0.3 is 19.7 Å². The zero-order valence-corrected chi connectivity index (χ0v) is 12.4. The Hall–Kier alpha value is -0.910. The molecule has 1 fully saturated rings. The first-order valence-electron chi connectivity index (χ1n) is 7.72. The largest absolute Gasteiger partial charge is 0.389 e. The third-order valence-corrected chi connectivity index (χ3v) is 4.02. The average molecular weight is 281 g/mol. The van der Waals surface area contributed by atoms with E-state index in [0.717, 1.165) is 19.5 Å². The number of imidazole rings is 1. The molecule has 1 saturated carbocycles. The summed E-state index contributed by atoms with van der Waals surface area (Å²) >= 11 is 0. The first kappa shape index (κ1) is 15.5. The van der Waals surface area contributed by atoms with Gasteiger partial charge in [0.1, 0.15) is 0 Å². The topological polar surface area (TPSA) is 59.3 Å². The fraction of sp³-hybridized carbons (Fsp3) is 0.800. The Morgan fingerprint density at radius 1 is 1.45 bits per heavy atom. The number of hydrogen-bond donors (Lipinski definition) is 2. The molecule has 1 aliphatic carbocycles. The maximum atomic E-state index is 9.92. The van der Waals surface area contributed by atoms with E-state index < -0.39 is 6.10 Å². The second-order valence-electron chi connectivity index (χ2n) is 5.79. The summed E-state index contributed by atoms with van der Waals surface area (Å²) in [6.45, 7) is 4.96. The molecule has 3 unspecified atom stereocenters. The molecule has 0 amide bonds. The molecule has 3 atom stereocenters. The molecule has 1 aromatic heterocycles. The number of aliphatic hydroxyl groups excluding tert-OH is 1. The Labute approximate surface area is 121 Å². The Balaban J connectivity index is 1.52. The number of nitrogens with zero attached hydrogens (tertiary/aromatic N) is 2. The van der Waals surface area contributed by atoms with Gasteiger partial charge >= 0.3 is 0 Å². The molecule has 0 aliphatic heterocycles. The monoisotopic (exact) mass is 281 g/mol. The van der Waals surface area contributed by atoms with E-state index >= 15 is 0 Å². The van der Waals surface area contributed by atoms with Gasteiger partial charge in [0.2, 0.25) is 0 Å². The predicted molar refractivity (Wildman–Crippen MR) is 78.5 cm³/mol. The summed E-state index contributed by atoms with van der Waals surface area (Å²) in [7, 11) is 0. The fourth-order valence-electron chi connectivity index (χ4n) is 2.72. The Morgan fingerprint density at radius 2 is 2.30 bits per heavy atom. The Kier molecular flexibility index (Phi) is 6.50. The van der Waals surface area contributed by atoms with Crippen molar-refractivity contribution in [3.8, 4) is 0 Å². The molecule has 0 aromatic carbocycles. The zero-order chi connectivity index (χ0) is 14.2. The molecule has 2 rings (SSSR count). The van der Waals surface area contributed by atoms with Crippen molar-refractivity contribution in [1.82, 2.24) is 14.9 Å². The van der Waals surface area contributed by atoms with Gasteiger partial charge in [-0.3, -0.25) is 0 Å². The van der Waals surface area contributed by atoms with Crippen LogP contribution in [-0.4, -0.2) is 46.6 Å². The van der Waals surface area contributed by atoms with Crippen LogP contribution in [0.2, 0.25) is 0 Å². The van der Waals surface area contributed by atoms with Crippen LogP contribution < -0.4 is 5.32 Å². The van der Waals surface area contributed by atoms with Crippen LogP contribution in [0, 0.1) is 5.92 Å². The summed E-state index contributed by atoms with van der Waals surface area (Å²) in [4.78, 5) is 3.99. The van der Waals surface area contributed by atoms with E-state index in [2.05, 4.69) is 17.2 Å². The van der Waals surface area contributed by atoms with Crippen LogP contribution in [0.1, 0.15) is 32.6 Å². The third-order valence-electron chi connectivity index (χ3n) is 4.02. The lowest BCUT2D eigenvalue weighted by molar-refractivity contribution is -0.0451. The summed E-state index contributed by atoms with van der Waals surface area (Å²) < 4.78 is 7.87. The molecule has 5 nitrogen and oxygen atoms in total. The van der Waals surface area contributed by atoms with Crippen LogP contribution in [0.3, 0.4) is 0 Å². The number of nitrogens with one attached hydrogen (secondary N) is 1. The smallest absolute Gasteiger partial charge is 0.0946 e. The molecule has 1 aliphatic rings. The maximum Gasteiger partial charge on any atom is 0.0946 e. The summed E-state index contributed by atoms with van der Waals surface area (Å²) in [5.41, 5.74) is 0. The molecule has 1 heterocycles. The lowest BCUT2D eigenvalue weighted by atomic mass is 9.88. The van der Waals surface area contributed by atoms with E-state index in [0.29, 0.717) is 25.2 Å². The highest BCUT2D eigenvalue weighted by Crippen LogP contribution is 2.26. The van der Waals surface area contributed by atoms with Crippen LogP contribution in [-0.2, 0) is 11.3 Å². The summed E-state index contributed by atoms with van der Waals surface area (Å²) in [5, 5.41) is 13.2. The van der Waals surface area contributed by atoms with E-state index in [1.165, 1.54) is 19.3 Å². The van der Waals surface area contributed by atoms with Crippen LogP contribution in [0.25, 0.3) is 0 Å². The molecule has 0 spiro atoms. The first-order valence-corrected chi connectivity index (χ1v) is 7.72. The van der Waals surface area contributed by atoms with Gasteiger partial charge in [0.15, 0.2) is 0 Å². The molecule has 0 bridgehead atoms. The number of ether oxygens (including phenoxy) is 1. The predicted octanol–water partition coefficient (Wildman–Crippen LogP) is 1.43. The van der Waals surface area contributed by atoms with E-state index in [9.17, 15) is 5.11 Å². The van der Waals surface area contributed by atoms with Crippen molar-refractivity contribution in [2.45, 2.75) is 51.4 Å². The van der Waals surface area contributed by atoms with Crippen molar-refractivity contribution < 1.29 is 9.84 Å². The summed E-state index contributed by atoms with van der Waals surface area (Å²) in [6.07, 6.45) is 10.4. The SMILES string of the molecule is CC1CCCCC1OCC(O)CNCCn1ccnc1. The van der Waals surface area contributed by atoms with Crippen molar-refractivity contribution in [2.24, 2.45) is 5.92 Å². The van der Waals surface area contributed by atoms with Gasteiger partial charge in [0, 0.05) is 32.0 Å². The van der Waals surface area contributed by atoms with E-state index in [4.69, 9.17) is 4.74 Å². The second kappa shape index (κ2) is 8.39. The molecule has 0 radical (unpaired) electrons. The highest BCUT2D eigenvalue weighted by atomic mass is 16.5. The van der Waals surface area contributed by atoms with Crippen LogP contribution in [0.5, 0.6) is 0 Å². The standard InChI is InChI=1S/C15H27N3O2/c1-13-4-2-3-5-15(13)20-11-14(19)10-16-6-8-18-9-7-17-12-18/h7,9,12-16,19H,2-6,8,10-11H2,1H3. The van der Waals surface area contributed by atoms with Gasteiger partial charge in [-0.1, -0.05) is 19.8 Å². The summed E-state index contributed by atoms with van der Waals surface area (Å²) in [5.74, 6) is 0.630. The molecule has 0 saturated heterocycles. The number of rotatable bonds is 8. The van der Waals surface area contributed by atoms with Gasteiger partial charge in [-0.25, -0.2) is 4.98 Å². The minimum absolute atomic E-state index is 0.337. The highest BCUT2D eigenvalue weighted by molar-refractivity contribution is 4.75. The average Bonchev–Trinajstić information content (AvgIpc) is 2.96. The maximum absolute atomic E-state index is 9.92. The van der Waals surface area contributed by atoms with E-state index in [1.54, 1.807) is 12.5 Å². The van der Waals surface area contributed by atoms with Crippen molar-refractivity contribution >= 4 is 0 Å². The first-order chi connectivity index (χ1) is 9.75. The van der Waals surface area contributed by atoms with Crippen LogP contribution in [0.4, 0.5) is 0 Å². The molecule has 20 heavy (non-hydrogen) atoms. The second-order valence-corrected chi connectivity index (χ2v) is 5.79. The Bertz CT molecular complexity index is 356. The van der Waals surface area contributed by atoms with E-state index in [-0.39, 0.29) is 0 Å². The van der Waals surface area contributed by atoms with Gasteiger partial charge in [0.05, 0.1) is 25.1 Å². The third kappa shape index (κ3) is 5.23. The minimum Gasteiger partial charge on any atom is -0.389 e. The molecule has 114 valence electrons. The van der Waals surface area contributed by atoms with Crippen molar-refractivity contribution in [3.63, 3.8) is 0 Å². The van der Waals surface area contributed by atoms with Gasteiger partial charge in [-0.05, 0) is 18.8 Å². The van der Waals surface area contributed by atoms with Crippen molar-refractivity contribution in [1.29, 1.82) is 0 Å². The zero-order valence-electron chi connectivity index (χ0n) is 12.4. The lowest BCUT2D eigenvalue weighted by Gasteiger charge is -2.29. The number of hydrogen-bond acceptors (Lipinski definition) is 4. The van der Waals surface area contributed by atoms with Crippen molar-refractivity contribution in [3.05, 3.63) is 18.7 Å². The van der Waals surface area contributed by atoms with Gasteiger partial charge in [0.25, 0.3) is 0 Å².